The maximum atomic E-state index is 6.01. The van der Waals surface area contributed by atoms with Crippen molar-refractivity contribution in [2.24, 2.45) is 0 Å². The largest absolute Gasteiger partial charge is 0.494 e. The third-order valence-corrected chi connectivity index (χ3v) is 4.74. The van der Waals surface area contributed by atoms with Crippen LogP contribution >= 0.6 is 23.4 Å². The van der Waals surface area contributed by atoms with Crippen molar-refractivity contribution in [1.82, 2.24) is 29.6 Å². The fraction of sp³-hybridized carbons (Fsp3) is 0.125. The summed E-state index contributed by atoms with van der Waals surface area (Å²) >= 11 is 7.51. The first kappa shape index (κ1) is 15.9. The van der Waals surface area contributed by atoms with E-state index in [1.54, 1.807) is 11.8 Å². The quantitative estimate of drug-likeness (QED) is 0.501. The van der Waals surface area contributed by atoms with E-state index in [2.05, 4.69) is 20.5 Å². The van der Waals surface area contributed by atoms with Crippen molar-refractivity contribution in [3.8, 4) is 11.4 Å². The Morgan fingerprint density at radius 2 is 2.04 bits per heavy atom. The zero-order valence-corrected chi connectivity index (χ0v) is 14.8. The molecule has 9 heteroatoms. The van der Waals surface area contributed by atoms with Gasteiger partial charge in [-0.15, -0.1) is 5.10 Å². The number of ether oxygens (including phenoxy) is 1. The summed E-state index contributed by atoms with van der Waals surface area (Å²) in [5.41, 5.74) is 2.56. The highest BCUT2D eigenvalue weighted by atomic mass is 35.5. The molecule has 0 saturated carbocycles. The van der Waals surface area contributed by atoms with E-state index in [1.165, 1.54) is 11.8 Å². The molecule has 0 bridgehead atoms. The monoisotopic (exact) mass is 372 g/mol. The number of hydrogen-bond acceptors (Lipinski definition) is 6. The van der Waals surface area contributed by atoms with E-state index in [-0.39, 0.29) is 0 Å². The normalized spacial score (nSPS) is 11.1. The molecule has 0 N–H and O–H groups in total. The number of aromatic nitrogens is 6. The Morgan fingerprint density at radius 1 is 1.16 bits per heavy atom. The molecule has 0 aliphatic heterocycles. The van der Waals surface area contributed by atoms with E-state index in [4.69, 9.17) is 16.3 Å². The molecule has 0 fully saturated rings. The molecule has 7 nitrogen and oxygen atoms in total. The van der Waals surface area contributed by atoms with Crippen molar-refractivity contribution in [3.05, 3.63) is 59.5 Å². The second-order valence-electron chi connectivity index (χ2n) is 5.18. The summed E-state index contributed by atoms with van der Waals surface area (Å²) < 4.78 is 8.95. The Hall–Kier alpha value is -2.58. The molecule has 3 heterocycles. The van der Waals surface area contributed by atoms with Gasteiger partial charge in [-0.05, 0) is 34.7 Å². The van der Waals surface area contributed by atoms with Crippen molar-refractivity contribution >= 4 is 29.0 Å². The van der Waals surface area contributed by atoms with Crippen LogP contribution in [0.1, 0.15) is 5.69 Å². The van der Waals surface area contributed by atoms with Crippen LogP contribution in [-0.4, -0.2) is 36.7 Å². The lowest BCUT2D eigenvalue weighted by Crippen LogP contribution is -2.01. The number of pyridine rings is 1. The van der Waals surface area contributed by atoms with Crippen molar-refractivity contribution in [1.29, 1.82) is 0 Å². The second-order valence-corrected chi connectivity index (χ2v) is 6.56. The standard InChI is InChI=1S/C16H13ClN6OS/c1-24-14-5-3-2-4-13(14)23-16(19-20-21-23)25-10-12-9-22-8-11(17)6-7-15(22)18-12/h2-9H,10H2,1H3. The molecule has 0 saturated heterocycles. The summed E-state index contributed by atoms with van der Waals surface area (Å²) in [7, 11) is 1.62. The third kappa shape index (κ3) is 3.18. The molecule has 25 heavy (non-hydrogen) atoms. The maximum Gasteiger partial charge on any atom is 0.214 e. The van der Waals surface area contributed by atoms with E-state index in [0.29, 0.717) is 21.7 Å². The van der Waals surface area contributed by atoms with Crippen molar-refractivity contribution in [2.45, 2.75) is 10.9 Å². The average molecular weight is 373 g/mol. The predicted octanol–water partition coefficient (Wildman–Crippen LogP) is 3.26. The van der Waals surface area contributed by atoms with E-state index in [1.807, 2.05) is 53.2 Å². The summed E-state index contributed by atoms with van der Waals surface area (Å²) in [6, 6.07) is 11.3. The zero-order chi connectivity index (χ0) is 17.2. The van der Waals surface area contributed by atoms with Crippen LogP contribution in [-0.2, 0) is 5.75 Å². The number of rotatable bonds is 5. The number of halogens is 1. The second kappa shape index (κ2) is 6.73. The van der Waals surface area contributed by atoms with Crippen LogP contribution in [0, 0.1) is 0 Å². The highest BCUT2D eigenvalue weighted by molar-refractivity contribution is 7.98. The van der Waals surface area contributed by atoms with E-state index >= 15 is 0 Å². The topological polar surface area (TPSA) is 70.1 Å². The number of thioether (sulfide) groups is 1. The summed E-state index contributed by atoms with van der Waals surface area (Å²) in [6.45, 7) is 0. The lowest BCUT2D eigenvalue weighted by atomic mass is 10.3. The Morgan fingerprint density at radius 3 is 2.92 bits per heavy atom. The lowest BCUT2D eigenvalue weighted by Gasteiger charge is -2.08. The van der Waals surface area contributed by atoms with Crippen molar-refractivity contribution in [3.63, 3.8) is 0 Å². The van der Waals surface area contributed by atoms with Gasteiger partial charge < -0.3 is 9.14 Å². The minimum absolute atomic E-state index is 0.634. The summed E-state index contributed by atoms with van der Waals surface area (Å²) in [6.07, 6.45) is 3.78. The molecular formula is C16H13ClN6OS. The van der Waals surface area contributed by atoms with Crippen LogP contribution in [0.5, 0.6) is 5.75 Å². The molecule has 0 radical (unpaired) electrons. The van der Waals surface area contributed by atoms with Gasteiger partial charge in [0.1, 0.15) is 17.1 Å². The molecule has 0 atom stereocenters. The molecule has 4 aromatic rings. The van der Waals surface area contributed by atoms with Gasteiger partial charge in [0.25, 0.3) is 0 Å². The number of imidazole rings is 1. The first-order chi connectivity index (χ1) is 12.2. The van der Waals surface area contributed by atoms with E-state index in [9.17, 15) is 0 Å². The van der Waals surface area contributed by atoms with Crippen LogP contribution in [0.2, 0.25) is 5.02 Å². The number of tetrazole rings is 1. The van der Waals surface area contributed by atoms with Crippen LogP contribution in [0.15, 0.2) is 53.9 Å². The Kier molecular flexibility index (Phi) is 4.29. The van der Waals surface area contributed by atoms with Gasteiger partial charge in [-0.2, -0.15) is 4.68 Å². The summed E-state index contributed by atoms with van der Waals surface area (Å²) in [4.78, 5) is 4.57. The Labute approximate surface area is 152 Å². The summed E-state index contributed by atoms with van der Waals surface area (Å²) in [5.74, 6) is 1.34. The number of nitrogens with zero attached hydrogens (tertiary/aromatic N) is 6. The van der Waals surface area contributed by atoms with Crippen LogP contribution < -0.4 is 4.74 Å². The predicted molar refractivity (Wildman–Crippen MR) is 95.5 cm³/mol. The summed E-state index contributed by atoms with van der Waals surface area (Å²) in [5, 5.41) is 13.3. The molecule has 1 aromatic carbocycles. The van der Waals surface area contributed by atoms with Crippen molar-refractivity contribution < 1.29 is 4.74 Å². The minimum Gasteiger partial charge on any atom is -0.494 e. The third-order valence-electron chi connectivity index (χ3n) is 3.57. The van der Waals surface area contributed by atoms with Crippen LogP contribution in [0.25, 0.3) is 11.3 Å². The van der Waals surface area contributed by atoms with Gasteiger partial charge in [0.05, 0.1) is 17.8 Å². The number of methoxy groups -OCH3 is 1. The zero-order valence-electron chi connectivity index (χ0n) is 13.2. The minimum atomic E-state index is 0.634. The Bertz CT molecular complexity index is 1030. The first-order valence-electron chi connectivity index (χ1n) is 7.42. The van der Waals surface area contributed by atoms with Crippen LogP contribution in [0.3, 0.4) is 0 Å². The molecule has 0 unspecified atom stereocenters. The van der Waals surface area contributed by atoms with Gasteiger partial charge in [0.15, 0.2) is 0 Å². The molecule has 0 aliphatic rings. The highest BCUT2D eigenvalue weighted by Gasteiger charge is 2.13. The molecular weight excluding hydrogens is 360 g/mol. The number of hydrogen-bond donors (Lipinski definition) is 0. The van der Waals surface area contributed by atoms with Gasteiger partial charge in [-0.3, -0.25) is 0 Å². The molecule has 0 amide bonds. The molecule has 0 aliphatic carbocycles. The fourth-order valence-electron chi connectivity index (χ4n) is 2.45. The number of fused-ring (bicyclic) bond motifs is 1. The molecule has 0 spiro atoms. The number of benzene rings is 1. The highest BCUT2D eigenvalue weighted by Crippen LogP contribution is 2.27. The van der Waals surface area contributed by atoms with Crippen LogP contribution in [0.4, 0.5) is 0 Å². The lowest BCUT2D eigenvalue weighted by molar-refractivity contribution is 0.410. The van der Waals surface area contributed by atoms with E-state index in [0.717, 1.165) is 17.0 Å². The number of para-hydroxylation sites is 2. The molecule has 126 valence electrons. The SMILES string of the molecule is COc1ccccc1-n1nnnc1SCc1cn2cc(Cl)ccc2n1. The van der Waals surface area contributed by atoms with Gasteiger partial charge >= 0.3 is 0 Å². The first-order valence-corrected chi connectivity index (χ1v) is 8.78. The smallest absolute Gasteiger partial charge is 0.214 e. The van der Waals surface area contributed by atoms with E-state index < -0.39 is 0 Å². The van der Waals surface area contributed by atoms with Gasteiger partial charge in [-0.1, -0.05) is 35.5 Å². The molecule has 3 aromatic heterocycles. The molecule has 4 rings (SSSR count). The van der Waals surface area contributed by atoms with Crippen molar-refractivity contribution in [2.75, 3.05) is 7.11 Å². The van der Waals surface area contributed by atoms with Gasteiger partial charge in [0, 0.05) is 18.1 Å². The Balaban J connectivity index is 1.58. The average Bonchev–Trinajstić information content (AvgIpc) is 3.25. The maximum absolute atomic E-state index is 6.01. The van der Waals surface area contributed by atoms with Gasteiger partial charge in [0.2, 0.25) is 5.16 Å². The fourth-order valence-corrected chi connectivity index (χ4v) is 3.39. The van der Waals surface area contributed by atoms with Gasteiger partial charge in [-0.25, -0.2) is 4.98 Å².